The Morgan fingerprint density at radius 1 is 1.21 bits per heavy atom. The molecule has 2 nitrogen and oxygen atoms in total. The molecular formula is C8H7Cl2F2NO. The first-order valence-electron chi connectivity index (χ1n) is 3.62. The molecular weight excluding hydrogens is 235 g/mol. The standard InChI is InChI=1S/C8H7Cl2F2NO/c9-7(10)8(11,12)14-6-3-1-5(13)2-4-6/h1-4,7H,13H2. The van der Waals surface area contributed by atoms with Crippen molar-refractivity contribution in [1.29, 1.82) is 0 Å². The summed E-state index contributed by atoms with van der Waals surface area (Å²) in [4.78, 5) is -1.92. The summed E-state index contributed by atoms with van der Waals surface area (Å²) in [6.07, 6.45) is -3.61. The highest BCUT2D eigenvalue weighted by atomic mass is 35.5. The molecule has 78 valence electrons. The summed E-state index contributed by atoms with van der Waals surface area (Å²) in [7, 11) is 0. The molecule has 0 aliphatic heterocycles. The summed E-state index contributed by atoms with van der Waals surface area (Å²) in [6.45, 7) is 0. The molecule has 0 saturated carbocycles. The maximum Gasteiger partial charge on any atom is 0.428 e. The van der Waals surface area contributed by atoms with Gasteiger partial charge in [0.15, 0.2) is 0 Å². The van der Waals surface area contributed by atoms with Crippen LogP contribution in [0.2, 0.25) is 0 Å². The third-order valence-corrected chi connectivity index (χ3v) is 1.90. The van der Waals surface area contributed by atoms with Gasteiger partial charge in [-0.1, -0.05) is 23.2 Å². The van der Waals surface area contributed by atoms with Gasteiger partial charge in [0.05, 0.1) is 0 Å². The second kappa shape index (κ2) is 4.19. The lowest BCUT2D eigenvalue weighted by atomic mass is 10.3. The van der Waals surface area contributed by atoms with Gasteiger partial charge in [-0.2, -0.15) is 8.78 Å². The van der Waals surface area contributed by atoms with Crippen molar-refractivity contribution in [2.24, 2.45) is 0 Å². The van der Waals surface area contributed by atoms with Crippen LogP contribution in [-0.4, -0.2) is 10.9 Å². The summed E-state index contributed by atoms with van der Waals surface area (Å²) in [5, 5.41) is 0. The van der Waals surface area contributed by atoms with Gasteiger partial charge in [-0.25, -0.2) is 0 Å². The minimum atomic E-state index is -3.61. The maximum atomic E-state index is 12.8. The molecule has 0 fully saturated rings. The van der Waals surface area contributed by atoms with E-state index in [0.717, 1.165) is 0 Å². The Morgan fingerprint density at radius 3 is 2.14 bits per heavy atom. The van der Waals surface area contributed by atoms with Gasteiger partial charge in [0, 0.05) is 5.69 Å². The number of hydrogen-bond acceptors (Lipinski definition) is 2. The zero-order valence-corrected chi connectivity index (χ0v) is 8.40. The van der Waals surface area contributed by atoms with Crippen LogP contribution < -0.4 is 10.5 Å². The number of alkyl halides is 4. The summed E-state index contributed by atoms with van der Waals surface area (Å²) in [6, 6.07) is 5.48. The van der Waals surface area contributed by atoms with Crippen LogP contribution in [-0.2, 0) is 0 Å². The van der Waals surface area contributed by atoms with Crippen molar-refractivity contribution in [1.82, 2.24) is 0 Å². The quantitative estimate of drug-likeness (QED) is 0.653. The first-order valence-corrected chi connectivity index (χ1v) is 4.49. The first kappa shape index (κ1) is 11.3. The van der Waals surface area contributed by atoms with E-state index in [1.165, 1.54) is 24.3 Å². The number of ether oxygens (including phenoxy) is 1. The lowest BCUT2D eigenvalue weighted by Crippen LogP contribution is -2.32. The van der Waals surface area contributed by atoms with Crippen LogP contribution in [0.1, 0.15) is 0 Å². The van der Waals surface area contributed by atoms with E-state index >= 15 is 0 Å². The van der Waals surface area contributed by atoms with Gasteiger partial charge in [-0.3, -0.25) is 0 Å². The summed E-state index contributed by atoms with van der Waals surface area (Å²) in [5.74, 6) is -0.0458. The number of nitrogens with two attached hydrogens (primary N) is 1. The van der Waals surface area contributed by atoms with Crippen molar-refractivity contribution >= 4 is 28.9 Å². The molecule has 0 radical (unpaired) electrons. The van der Waals surface area contributed by atoms with Crippen LogP contribution >= 0.6 is 23.2 Å². The fourth-order valence-electron chi connectivity index (χ4n) is 0.738. The average molecular weight is 242 g/mol. The topological polar surface area (TPSA) is 35.2 Å². The molecule has 0 aliphatic rings. The molecule has 1 aromatic rings. The van der Waals surface area contributed by atoms with Gasteiger partial charge in [0.25, 0.3) is 0 Å². The van der Waals surface area contributed by atoms with Gasteiger partial charge in [-0.15, -0.1) is 0 Å². The maximum absolute atomic E-state index is 12.8. The molecule has 6 heteroatoms. The van der Waals surface area contributed by atoms with Gasteiger partial charge in [0.2, 0.25) is 4.84 Å². The highest BCUT2D eigenvalue weighted by Crippen LogP contribution is 2.30. The molecule has 0 spiro atoms. The predicted molar refractivity (Wildman–Crippen MR) is 51.9 cm³/mol. The molecule has 0 aliphatic carbocycles. The van der Waals surface area contributed by atoms with E-state index < -0.39 is 10.9 Å². The normalized spacial score (nSPS) is 11.8. The van der Waals surface area contributed by atoms with Crippen molar-refractivity contribution in [3.8, 4) is 5.75 Å². The van der Waals surface area contributed by atoms with E-state index in [4.69, 9.17) is 28.9 Å². The van der Waals surface area contributed by atoms with Gasteiger partial charge < -0.3 is 10.5 Å². The zero-order chi connectivity index (χ0) is 10.8. The largest absolute Gasteiger partial charge is 0.431 e. The third kappa shape index (κ3) is 2.89. The fraction of sp³-hybridized carbons (Fsp3) is 0.250. The van der Waals surface area contributed by atoms with Crippen LogP contribution in [0.25, 0.3) is 0 Å². The SMILES string of the molecule is Nc1ccc(OC(F)(F)C(Cl)Cl)cc1. The van der Waals surface area contributed by atoms with Crippen molar-refractivity contribution < 1.29 is 13.5 Å². The number of nitrogen functional groups attached to an aromatic ring is 1. The van der Waals surface area contributed by atoms with E-state index in [-0.39, 0.29) is 5.75 Å². The van der Waals surface area contributed by atoms with Crippen LogP contribution in [0, 0.1) is 0 Å². The second-order valence-electron chi connectivity index (χ2n) is 2.53. The Hall–Kier alpha value is -0.740. The van der Waals surface area contributed by atoms with E-state index in [9.17, 15) is 8.78 Å². The Labute approximate surface area is 89.6 Å². The number of anilines is 1. The summed E-state index contributed by atoms with van der Waals surface area (Å²) < 4.78 is 29.9. The first-order chi connectivity index (χ1) is 6.42. The van der Waals surface area contributed by atoms with Gasteiger partial charge in [-0.05, 0) is 24.3 Å². The fourth-order valence-corrected chi connectivity index (χ4v) is 0.827. The molecule has 0 amide bonds. The molecule has 0 aromatic heterocycles. The zero-order valence-electron chi connectivity index (χ0n) is 6.88. The van der Waals surface area contributed by atoms with Crippen molar-refractivity contribution in [3.63, 3.8) is 0 Å². The monoisotopic (exact) mass is 241 g/mol. The predicted octanol–water partition coefficient (Wildman–Crippen LogP) is 3.04. The Kier molecular flexibility index (Phi) is 3.39. The number of halogens is 4. The molecule has 0 atom stereocenters. The molecule has 0 unspecified atom stereocenters. The van der Waals surface area contributed by atoms with Crippen molar-refractivity contribution in [3.05, 3.63) is 24.3 Å². The molecule has 1 aromatic carbocycles. The van der Waals surface area contributed by atoms with E-state index in [1.54, 1.807) is 0 Å². The minimum absolute atomic E-state index is 0.0458. The summed E-state index contributed by atoms with van der Waals surface area (Å²) >= 11 is 10.0. The molecule has 0 heterocycles. The number of rotatable bonds is 3. The summed E-state index contributed by atoms with van der Waals surface area (Å²) in [5.41, 5.74) is 5.81. The third-order valence-electron chi connectivity index (χ3n) is 1.39. The molecule has 0 bridgehead atoms. The van der Waals surface area contributed by atoms with E-state index in [2.05, 4.69) is 4.74 Å². The Balaban J connectivity index is 2.74. The molecule has 2 N–H and O–H groups in total. The van der Waals surface area contributed by atoms with E-state index in [0.29, 0.717) is 5.69 Å². The van der Waals surface area contributed by atoms with Crippen LogP contribution in [0.15, 0.2) is 24.3 Å². The van der Waals surface area contributed by atoms with Gasteiger partial charge >= 0.3 is 6.11 Å². The number of hydrogen-bond donors (Lipinski definition) is 1. The van der Waals surface area contributed by atoms with Gasteiger partial charge in [0.1, 0.15) is 5.75 Å². The van der Waals surface area contributed by atoms with E-state index in [1.807, 2.05) is 0 Å². The highest BCUT2D eigenvalue weighted by molar-refractivity contribution is 6.44. The minimum Gasteiger partial charge on any atom is -0.431 e. The van der Waals surface area contributed by atoms with Crippen LogP contribution in [0.5, 0.6) is 5.75 Å². The van der Waals surface area contributed by atoms with Crippen molar-refractivity contribution in [2.45, 2.75) is 10.9 Å². The number of benzene rings is 1. The van der Waals surface area contributed by atoms with Crippen LogP contribution in [0.3, 0.4) is 0 Å². The molecule has 1 rings (SSSR count). The highest BCUT2D eigenvalue weighted by Gasteiger charge is 2.40. The molecule has 14 heavy (non-hydrogen) atoms. The lowest BCUT2D eigenvalue weighted by Gasteiger charge is -2.18. The average Bonchev–Trinajstić information content (AvgIpc) is 2.08. The van der Waals surface area contributed by atoms with Crippen molar-refractivity contribution in [2.75, 3.05) is 5.73 Å². The second-order valence-corrected chi connectivity index (χ2v) is 3.63. The van der Waals surface area contributed by atoms with Crippen LogP contribution in [0.4, 0.5) is 14.5 Å². The Bertz CT molecular complexity index is 303. The molecule has 0 saturated heterocycles. The lowest BCUT2D eigenvalue weighted by molar-refractivity contribution is -0.163. The smallest absolute Gasteiger partial charge is 0.428 e. The Morgan fingerprint density at radius 2 is 1.71 bits per heavy atom.